The molecule has 2 aromatic rings. The standard InChI is InChI=1S/C11H14BrN5O/c1-7(2)5-16-4-3-14-10(11(16)18)17-6-8(12)9(13)15-17/h3-4,6-7H,5H2,1-2H3,(H2,13,15). The lowest BCUT2D eigenvalue weighted by Crippen LogP contribution is -2.27. The van der Waals surface area contributed by atoms with Crippen molar-refractivity contribution in [2.75, 3.05) is 5.73 Å². The summed E-state index contributed by atoms with van der Waals surface area (Å²) >= 11 is 3.25. The molecule has 2 aromatic heterocycles. The van der Waals surface area contributed by atoms with Crippen LogP contribution >= 0.6 is 15.9 Å². The van der Waals surface area contributed by atoms with Crippen LogP contribution in [0.2, 0.25) is 0 Å². The number of nitrogens with two attached hydrogens (primary N) is 1. The zero-order chi connectivity index (χ0) is 13.3. The van der Waals surface area contributed by atoms with Crippen molar-refractivity contribution in [3.05, 3.63) is 33.4 Å². The van der Waals surface area contributed by atoms with E-state index in [1.165, 1.54) is 4.68 Å². The molecule has 0 aromatic carbocycles. The molecule has 0 saturated heterocycles. The lowest BCUT2D eigenvalue weighted by atomic mass is 10.2. The summed E-state index contributed by atoms with van der Waals surface area (Å²) in [6.07, 6.45) is 4.89. The Morgan fingerprint density at radius 1 is 1.50 bits per heavy atom. The Balaban J connectivity index is 2.49. The minimum absolute atomic E-state index is 0.179. The van der Waals surface area contributed by atoms with Crippen molar-refractivity contribution in [3.8, 4) is 5.82 Å². The van der Waals surface area contributed by atoms with Gasteiger partial charge in [0.1, 0.15) is 0 Å². The van der Waals surface area contributed by atoms with Crippen molar-refractivity contribution < 1.29 is 0 Å². The molecule has 2 heterocycles. The first-order valence-corrected chi connectivity index (χ1v) is 6.34. The van der Waals surface area contributed by atoms with Gasteiger partial charge in [0.25, 0.3) is 5.56 Å². The maximum Gasteiger partial charge on any atom is 0.295 e. The molecule has 0 aliphatic heterocycles. The summed E-state index contributed by atoms with van der Waals surface area (Å²) < 4.78 is 3.65. The highest BCUT2D eigenvalue weighted by Crippen LogP contribution is 2.17. The van der Waals surface area contributed by atoms with E-state index >= 15 is 0 Å². The third-order valence-corrected chi connectivity index (χ3v) is 2.98. The molecule has 0 amide bonds. The van der Waals surface area contributed by atoms with Crippen molar-refractivity contribution >= 4 is 21.7 Å². The molecule has 2 N–H and O–H groups in total. The Morgan fingerprint density at radius 2 is 2.22 bits per heavy atom. The Bertz CT molecular complexity index is 597. The summed E-state index contributed by atoms with van der Waals surface area (Å²) in [5, 5.41) is 4.03. The molecule has 0 fully saturated rings. The average Bonchev–Trinajstić information content (AvgIpc) is 2.61. The molecule has 0 aliphatic rings. The van der Waals surface area contributed by atoms with E-state index in [9.17, 15) is 4.79 Å². The van der Waals surface area contributed by atoms with Gasteiger partial charge in [-0.05, 0) is 21.8 Å². The van der Waals surface area contributed by atoms with Gasteiger partial charge in [0, 0.05) is 25.1 Å². The molecule has 6 nitrogen and oxygen atoms in total. The third kappa shape index (κ3) is 2.45. The SMILES string of the molecule is CC(C)Cn1ccnc(-n2cc(Br)c(N)n2)c1=O. The van der Waals surface area contributed by atoms with Crippen LogP contribution in [0.5, 0.6) is 0 Å². The Kier molecular flexibility index (Phi) is 3.51. The summed E-state index contributed by atoms with van der Waals surface area (Å²) in [5.74, 6) is 0.957. The van der Waals surface area contributed by atoms with Gasteiger partial charge in [-0.2, -0.15) is 0 Å². The molecule has 2 rings (SSSR count). The predicted molar refractivity (Wildman–Crippen MR) is 72.6 cm³/mol. The van der Waals surface area contributed by atoms with Gasteiger partial charge in [-0.3, -0.25) is 4.79 Å². The van der Waals surface area contributed by atoms with Crippen molar-refractivity contribution in [1.29, 1.82) is 0 Å². The molecule has 7 heteroatoms. The van der Waals surface area contributed by atoms with Crippen molar-refractivity contribution in [2.45, 2.75) is 20.4 Å². The molecule has 0 spiro atoms. The molecular formula is C11H14BrN5O. The number of nitrogen functional groups attached to an aromatic ring is 1. The van der Waals surface area contributed by atoms with E-state index in [0.29, 0.717) is 22.8 Å². The van der Waals surface area contributed by atoms with Crippen LogP contribution in [0.3, 0.4) is 0 Å². The number of rotatable bonds is 3. The molecule has 0 atom stereocenters. The second-order valence-electron chi connectivity index (χ2n) is 4.41. The van der Waals surface area contributed by atoms with Crippen molar-refractivity contribution in [1.82, 2.24) is 19.3 Å². The highest BCUT2D eigenvalue weighted by atomic mass is 79.9. The van der Waals surface area contributed by atoms with Gasteiger partial charge in [0.05, 0.1) is 4.47 Å². The van der Waals surface area contributed by atoms with Crippen LogP contribution in [0.4, 0.5) is 5.82 Å². The van der Waals surface area contributed by atoms with E-state index in [4.69, 9.17) is 5.73 Å². The minimum atomic E-state index is -0.179. The molecular weight excluding hydrogens is 298 g/mol. The van der Waals surface area contributed by atoms with E-state index in [-0.39, 0.29) is 11.4 Å². The van der Waals surface area contributed by atoms with E-state index in [0.717, 1.165) is 0 Å². The monoisotopic (exact) mass is 311 g/mol. The summed E-state index contributed by atoms with van der Waals surface area (Å²) in [6.45, 7) is 4.75. The van der Waals surface area contributed by atoms with Gasteiger partial charge >= 0.3 is 0 Å². The predicted octanol–water partition coefficient (Wildman–Crippen LogP) is 1.43. The van der Waals surface area contributed by atoms with E-state index in [1.807, 2.05) is 0 Å². The van der Waals surface area contributed by atoms with E-state index < -0.39 is 0 Å². The zero-order valence-corrected chi connectivity index (χ0v) is 11.8. The lowest BCUT2D eigenvalue weighted by Gasteiger charge is -2.09. The first-order chi connectivity index (χ1) is 8.49. The van der Waals surface area contributed by atoms with Crippen LogP contribution in [0.1, 0.15) is 13.8 Å². The van der Waals surface area contributed by atoms with E-state index in [1.54, 1.807) is 23.2 Å². The van der Waals surface area contributed by atoms with Gasteiger partial charge < -0.3 is 10.3 Å². The van der Waals surface area contributed by atoms with Gasteiger partial charge in [-0.25, -0.2) is 9.67 Å². The Morgan fingerprint density at radius 3 is 2.78 bits per heavy atom. The molecule has 0 bridgehead atoms. The first kappa shape index (κ1) is 12.8. The topological polar surface area (TPSA) is 78.7 Å². The summed E-state index contributed by atoms with van der Waals surface area (Å²) in [6, 6.07) is 0. The minimum Gasteiger partial charge on any atom is -0.381 e. The second-order valence-corrected chi connectivity index (χ2v) is 5.26. The number of aromatic nitrogens is 4. The maximum atomic E-state index is 12.2. The largest absolute Gasteiger partial charge is 0.381 e. The maximum absolute atomic E-state index is 12.2. The number of nitrogens with zero attached hydrogens (tertiary/aromatic N) is 4. The smallest absolute Gasteiger partial charge is 0.295 e. The molecule has 0 radical (unpaired) electrons. The van der Waals surface area contributed by atoms with Crippen molar-refractivity contribution in [2.24, 2.45) is 5.92 Å². The number of anilines is 1. The zero-order valence-electron chi connectivity index (χ0n) is 10.2. The molecule has 96 valence electrons. The highest BCUT2D eigenvalue weighted by Gasteiger charge is 2.11. The van der Waals surface area contributed by atoms with Crippen LogP contribution in [0.15, 0.2) is 27.9 Å². The van der Waals surface area contributed by atoms with E-state index in [2.05, 4.69) is 39.9 Å². The number of halogens is 1. The highest BCUT2D eigenvalue weighted by molar-refractivity contribution is 9.10. The van der Waals surface area contributed by atoms with Gasteiger partial charge in [-0.15, -0.1) is 5.10 Å². The van der Waals surface area contributed by atoms with Gasteiger partial charge in [-0.1, -0.05) is 13.8 Å². The van der Waals surface area contributed by atoms with Crippen LogP contribution in [0.25, 0.3) is 5.82 Å². The van der Waals surface area contributed by atoms with Crippen LogP contribution < -0.4 is 11.3 Å². The van der Waals surface area contributed by atoms with Crippen LogP contribution in [0, 0.1) is 5.92 Å². The average molecular weight is 312 g/mol. The quantitative estimate of drug-likeness (QED) is 0.930. The normalized spacial score (nSPS) is 11.1. The Hall–Kier alpha value is -1.63. The van der Waals surface area contributed by atoms with Crippen molar-refractivity contribution in [3.63, 3.8) is 0 Å². The summed E-state index contributed by atoms with van der Waals surface area (Å²) in [4.78, 5) is 16.3. The van der Waals surface area contributed by atoms with Gasteiger partial charge in [0.15, 0.2) is 5.82 Å². The fraction of sp³-hybridized carbons (Fsp3) is 0.364. The molecule has 0 aliphatic carbocycles. The molecule has 0 saturated carbocycles. The lowest BCUT2D eigenvalue weighted by molar-refractivity contribution is 0.506. The molecule has 0 unspecified atom stereocenters. The first-order valence-electron chi connectivity index (χ1n) is 5.55. The van der Waals surface area contributed by atoms with Crippen LogP contribution in [-0.2, 0) is 6.54 Å². The fourth-order valence-corrected chi connectivity index (χ4v) is 1.88. The summed E-state index contributed by atoms with van der Waals surface area (Å²) in [7, 11) is 0. The fourth-order valence-electron chi connectivity index (χ4n) is 1.60. The van der Waals surface area contributed by atoms with Crippen LogP contribution in [-0.4, -0.2) is 19.3 Å². The van der Waals surface area contributed by atoms with Gasteiger partial charge in [0.2, 0.25) is 5.82 Å². The second kappa shape index (κ2) is 4.93. The molecule has 18 heavy (non-hydrogen) atoms. The number of hydrogen-bond donors (Lipinski definition) is 1. The number of hydrogen-bond acceptors (Lipinski definition) is 4. The third-order valence-electron chi connectivity index (χ3n) is 2.37. The Labute approximate surface area is 113 Å². The summed E-state index contributed by atoms with van der Waals surface area (Å²) in [5.41, 5.74) is 5.45.